The molecule has 0 atom stereocenters. The van der Waals surface area contributed by atoms with Crippen molar-refractivity contribution in [2.45, 2.75) is 47.3 Å². The lowest BCUT2D eigenvalue weighted by atomic mass is 10.2. The highest BCUT2D eigenvalue weighted by Crippen LogP contribution is 2.06. The van der Waals surface area contributed by atoms with E-state index in [1.165, 1.54) is 5.56 Å². The standard InChI is InChI=1S/C15H24O3Si.C8H18O3Si/c1-3-16-15(17-4-2)11-13-19-18-12-10-14-8-6-5-7-9-14;1-4-9-7(10-5-2)8(12)11-6-3/h5-9,11,13,15H,3-4,10,12,19H2,1-2H3;4-6H2,1-3,12H3. The lowest BCUT2D eigenvalue weighted by Gasteiger charge is -2.12. The SMILES string of the molecule is CCOC(C=C[SiH2]OCCc1ccccc1)OCC.CCOC([SiH3])=C(OCC)OCC. The van der Waals surface area contributed by atoms with Crippen LogP contribution in [-0.2, 0) is 34.5 Å². The van der Waals surface area contributed by atoms with Crippen molar-refractivity contribution in [3.8, 4) is 0 Å². The van der Waals surface area contributed by atoms with Crippen molar-refractivity contribution in [1.82, 2.24) is 0 Å². The Kier molecular flexibility index (Phi) is 20.5. The molecule has 0 aromatic heterocycles. The molecule has 0 aliphatic carbocycles. The van der Waals surface area contributed by atoms with E-state index in [0.29, 0.717) is 39.0 Å². The molecule has 0 heterocycles. The molecule has 0 fully saturated rings. The van der Waals surface area contributed by atoms with Crippen LogP contribution < -0.4 is 0 Å². The molecule has 0 saturated carbocycles. The van der Waals surface area contributed by atoms with Gasteiger partial charge in [0.15, 0.2) is 16.1 Å². The molecule has 0 radical (unpaired) electrons. The molecule has 0 spiro atoms. The molecule has 8 heteroatoms. The van der Waals surface area contributed by atoms with E-state index in [4.69, 9.17) is 28.1 Å². The summed E-state index contributed by atoms with van der Waals surface area (Å²) in [6.07, 6.45) is 2.71. The molecule has 178 valence electrons. The zero-order valence-corrected chi connectivity index (χ0v) is 23.6. The molecule has 1 aromatic rings. The summed E-state index contributed by atoms with van der Waals surface area (Å²) in [7, 11) is 0.196. The quantitative estimate of drug-likeness (QED) is 0.160. The van der Waals surface area contributed by atoms with E-state index in [1.807, 2.05) is 46.8 Å². The van der Waals surface area contributed by atoms with Crippen LogP contribution in [0.5, 0.6) is 0 Å². The normalized spacial score (nSPS) is 11.0. The Labute approximate surface area is 194 Å². The van der Waals surface area contributed by atoms with Crippen molar-refractivity contribution < 1.29 is 28.1 Å². The zero-order valence-electron chi connectivity index (χ0n) is 20.2. The van der Waals surface area contributed by atoms with Gasteiger partial charge in [0.25, 0.3) is 0 Å². The van der Waals surface area contributed by atoms with E-state index in [0.717, 1.165) is 28.7 Å². The molecule has 0 N–H and O–H groups in total. The highest BCUT2D eigenvalue weighted by molar-refractivity contribution is 6.34. The van der Waals surface area contributed by atoms with Crippen LogP contribution >= 0.6 is 0 Å². The first-order valence-electron chi connectivity index (χ1n) is 11.2. The van der Waals surface area contributed by atoms with Gasteiger partial charge in [0.2, 0.25) is 0 Å². The van der Waals surface area contributed by atoms with Crippen LogP contribution in [0.25, 0.3) is 0 Å². The van der Waals surface area contributed by atoms with Crippen LogP contribution in [0.2, 0.25) is 0 Å². The van der Waals surface area contributed by atoms with E-state index in [1.54, 1.807) is 0 Å². The maximum atomic E-state index is 5.69. The summed E-state index contributed by atoms with van der Waals surface area (Å²) in [6, 6.07) is 10.4. The van der Waals surface area contributed by atoms with Gasteiger partial charge in [-0.1, -0.05) is 36.0 Å². The molecule has 0 amide bonds. The first kappa shape index (κ1) is 29.4. The van der Waals surface area contributed by atoms with Gasteiger partial charge < -0.3 is 28.1 Å². The van der Waals surface area contributed by atoms with E-state index < -0.39 is 9.76 Å². The van der Waals surface area contributed by atoms with E-state index in [2.05, 4.69) is 30.0 Å². The Morgan fingerprint density at radius 2 is 1.45 bits per heavy atom. The maximum absolute atomic E-state index is 5.69. The van der Waals surface area contributed by atoms with Gasteiger partial charge in [-0.2, -0.15) is 0 Å². The topological polar surface area (TPSA) is 55.4 Å². The van der Waals surface area contributed by atoms with Crippen LogP contribution in [0.4, 0.5) is 0 Å². The largest absolute Gasteiger partial charge is 0.497 e. The van der Waals surface area contributed by atoms with Gasteiger partial charge in [-0.3, -0.25) is 0 Å². The Morgan fingerprint density at radius 3 is 1.97 bits per heavy atom. The Hall–Kier alpha value is -1.59. The van der Waals surface area contributed by atoms with Gasteiger partial charge in [-0.15, -0.1) is 0 Å². The molecule has 6 nitrogen and oxygen atoms in total. The number of ether oxygens (including phenoxy) is 5. The highest BCUT2D eigenvalue weighted by Gasteiger charge is 2.04. The third-order valence-electron chi connectivity index (χ3n) is 3.75. The minimum absolute atomic E-state index is 0.222. The molecule has 0 aliphatic rings. The summed E-state index contributed by atoms with van der Waals surface area (Å²) < 4.78 is 32.3. The summed E-state index contributed by atoms with van der Waals surface area (Å²) in [5.41, 5.74) is 3.41. The molecular weight excluding hydrogens is 428 g/mol. The minimum Gasteiger partial charge on any atom is -0.497 e. The second-order valence-electron chi connectivity index (χ2n) is 6.16. The monoisotopic (exact) mass is 470 g/mol. The Bertz CT molecular complexity index is 567. The van der Waals surface area contributed by atoms with Crippen LogP contribution in [0.3, 0.4) is 0 Å². The molecule has 0 aliphatic heterocycles. The summed E-state index contributed by atoms with van der Waals surface area (Å²) in [5, 5.41) is 0.848. The predicted octanol–water partition coefficient (Wildman–Crippen LogP) is 2.83. The lowest BCUT2D eigenvalue weighted by molar-refractivity contribution is -0.103. The van der Waals surface area contributed by atoms with E-state index >= 15 is 0 Å². The summed E-state index contributed by atoms with van der Waals surface area (Å²) in [6.45, 7) is 13.8. The summed E-state index contributed by atoms with van der Waals surface area (Å²) in [5.74, 6) is 0.563. The Morgan fingerprint density at radius 1 is 0.871 bits per heavy atom. The molecule has 1 rings (SSSR count). The van der Waals surface area contributed by atoms with Gasteiger partial charge in [0, 0.05) is 19.8 Å². The zero-order chi connectivity index (χ0) is 23.2. The summed E-state index contributed by atoms with van der Waals surface area (Å²) >= 11 is 0. The average molecular weight is 471 g/mol. The van der Waals surface area contributed by atoms with Gasteiger partial charge in [-0.05, 0) is 52.7 Å². The van der Waals surface area contributed by atoms with Crippen LogP contribution in [0, 0.1) is 0 Å². The van der Waals surface area contributed by atoms with Crippen molar-refractivity contribution in [2.75, 3.05) is 39.6 Å². The number of hydrogen-bond acceptors (Lipinski definition) is 6. The van der Waals surface area contributed by atoms with Crippen molar-refractivity contribution in [3.63, 3.8) is 0 Å². The van der Waals surface area contributed by atoms with Gasteiger partial charge >= 0.3 is 5.95 Å². The third kappa shape index (κ3) is 16.7. The Balaban J connectivity index is 0.000000649. The molecule has 31 heavy (non-hydrogen) atoms. The number of rotatable bonds is 16. The second-order valence-corrected chi connectivity index (χ2v) is 8.28. The molecule has 0 saturated heterocycles. The third-order valence-corrected chi connectivity index (χ3v) is 5.43. The van der Waals surface area contributed by atoms with Crippen molar-refractivity contribution in [3.05, 3.63) is 59.0 Å². The average Bonchev–Trinajstić information content (AvgIpc) is 2.77. The first-order valence-corrected chi connectivity index (χ1v) is 13.6. The van der Waals surface area contributed by atoms with E-state index in [-0.39, 0.29) is 6.29 Å². The van der Waals surface area contributed by atoms with Crippen LogP contribution in [0.1, 0.15) is 40.2 Å². The van der Waals surface area contributed by atoms with Gasteiger partial charge in [-0.25, -0.2) is 0 Å². The summed E-state index contributed by atoms with van der Waals surface area (Å²) in [4.78, 5) is 0. The van der Waals surface area contributed by atoms with E-state index in [9.17, 15) is 0 Å². The van der Waals surface area contributed by atoms with Crippen molar-refractivity contribution in [2.24, 2.45) is 0 Å². The highest BCUT2D eigenvalue weighted by atomic mass is 28.2. The molecule has 0 unspecified atom stereocenters. The fraction of sp³-hybridized carbons (Fsp3) is 0.565. The van der Waals surface area contributed by atoms with Crippen molar-refractivity contribution >= 4 is 20.0 Å². The minimum atomic E-state index is -0.622. The number of hydrogen-bond donors (Lipinski definition) is 0. The number of benzene rings is 1. The molecule has 0 bridgehead atoms. The second kappa shape index (κ2) is 21.6. The maximum Gasteiger partial charge on any atom is 0.312 e. The van der Waals surface area contributed by atoms with Crippen LogP contribution in [0.15, 0.2) is 53.4 Å². The molecule has 1 aromatic carbocycles. The fourth-order valence-corrected chi connectivity index (χ4v) is 3.78. The van der Waals surface area contributed by atoms with Gasteiger partial charge in [0.1, 0.15) is 5.38 Å². The van der Waals surface area contributed by atoms with Gasteiger partial charge in [0.05, 0.1) is 30.1 Å². The smallest absolute Gasteiger partial charge is 0.312 e. The fourth-order valence-electron chi connectivity index (χ4n) is 2.42. The van der Waals surface area contributed by atoms with Crippen LogP contribution in [-0.4, -0.2) is 65.9 Å². The van der Waals surface area contributed by atoms with Crippen molar-refractivity contribution in [1.29, 1.82) is 0 Å². The lowest BCUT2D eigenvalue weighted by Crippen LogP contribution is -2.14. The first-order chi connectivity index (χ1) is 15.1. The predicted molar refractivity (Wildman–Crippen MR) is 133 cm³/mol. The molecular formula is C23H42O6Si2.